The highest BCUT2D eigenvalue weighted by molar-refractivity contribution is 7.73. The van der Waals surface area contributed by atoms with Gasteiger partial charge in [-0.1, -0.05) is 30.3 Å². The molecule has 0 radical (unpaired) electrons. The van der Waals surface area contributed by atoms with Crippen LogP contribution in [-0.4, -0.2) is 15.9 Å². The fraction of sp³-hybridized carbons (Fsp3) is 0.0526. The topological polar surface area (TPSA) is 37.5 Å². The van der Waals surface area contributed by atoms with Crippen molar-refractivity contribution in [3.8, 4) is 11.6 Å². The van der Waals surface area contributed by atoms with Crippen molar-refractivity contribution < 1.29 is 5.11 Å². The van der Waals surface area contributed by atoms with Crippen LogP contribution in [0.25, 0.3) is 17.3 Å². The predicted molar refractivity (Wildman–Crippen MR) is 103 cm³/mol. The average Bonchev–Trinajstić information content (AvgIpc) is 3.09. The fourth-order valence-electron chi connectivity index (χ4n) is 2.77. The van der Waals surface area contributed by atoms with Crippen LogP contribution in [0.15, 0.2) is 53.5 Å². The molecule has 0 spiro atoms. The summed E-state index contributed by atoms with van der Waals surface area (Å²) in [6, 6.07) is 15.9. The first-order chi connectivity index (χ1) is 11.6. The maximum Gasteiger partial charge on any atom is 0.215 e. The van der Waals surface area contributed by atoms with Crippen LogP contribution in [0.1, 0.15) is 16.0 Å². The maximum absolute atomic E-state index is 10.7. The van der Waals surface area contributed by atoms with Gasteiger partial charge in [0.1, 0.15) is 0 Å². The van der Waals surface area contributed by atoms with Crippen molar-refractivity contribution in [3.63, 3.8) is 0 Å². The van der Waals surface area contributed by atoms with Crippen molar-refractivity contribution in [1.82, 2.24) is 4.57 Å². The highest BCUT2D eigenvalue weighted by Crippen LogP contribution is 2.36. The number of hydrogen-bond donors (Lipinski definition) is 1. The van der Waals surface area contributed by atoms with Crippen LogP contribution >= 0.6 is 23.6 Å². The second-order valence-corrected chi connectivity index (χ2v) is 7.28. The van der Waals surface area contributed by atoms with E-state index in [1.807, 2.05) is 67.7 Å². The lowest BCUT2D eigenvalue weighted by Crippen LogP contribution is -1.93. The zero-order valence-electron chi connectivity index (χ0n) is 12.9. The molecule has 0 aliphatic carbocycles. The lowest BCUT2D eigenvalue weighted by atomic mass is 10.1. The van der Waals surface area contributed by atoms with Crippen LogP contribution in [0.2, 0.25) is 0 Å². The minimum absolute atomic E-state index is 0.167. The first kappa shape index (κ1) is 15.1. The second kappa shape index (κ2) is 5.85. The van der Waals surface area contributed by atoms with Crippen LogP contribution in [0, 0.1) is 10.9 Å². The average molecular weight is 350 g/mol. The summed E-state index contributed by atoms with van der Waals surface area (Å²) in [5, 5.41) is 10.7. The van der Waals surface area contributed by atoms with Gasteiger partial charge >= 0.3 is 0 Å². The van der Waals surface area contributed by atoms with Gasteiger partial charge in [0.25, 0.3) is 0 Å². The van der Waals surface area contributed by atoms with E-state index in [9.17, 15) is 5.11 Å². The molecule has 118 valence electrons. The van der Waals surface area contributed by atoms with E-state index in [1.165, 1.54) is 11.3 Å². The number of fused-ring (bicyclic) bond motifs is 1. The number of aromatic hydroxyl groups is 1. The van der Waals surface area contributed by atoms with Gasteiger partial charge in [0, 0.05) is 17.4 Å². The molecule has 5 heteroatoms. The molecule has 1 aliphatic heterocycles. The molecule has 0 saturated carbocycles. The van der Waals surface area contributed by atoms with Crippen molar-refractivity contribution in [3.05, 3.63) is 68.5 Å². The van der Waals surface area contributed by atoms with E-state index < -0.39 is 0 Å². The van der Waals surface area contributed by atoms with E-state index in [0.717, 1.165) is 33.0 Å². The Labute approximate surface area is 148 Å². The molecule has 1 N–H and O–H groups in total. The van der Waals surface area contributed by atoms with E-state index in [2.05, 4.69) is 4.99 Å². The first-order valence-electron chi connectivity index (χ1n) is 7.50. The first-order valence-corrected chi connectivity index (χ1v) is 8.73. The summed E-state index contributed by atoms with van der Waals surface area (Å²) in [5.74, 6) is 0.167. The molecule has 0 saturated heterocycles. The van der Waals surface area contributed by atoms with Crippen molar-refractivity contribution in [2.75, 3.05) is 0 Å². The third kappa shape index (κ3) is 2.52. The van der Waals surface area contributed by atoms with E-state index in [1.54, 1.807) is 4.57 Å². The molecular weight excluding hydrogens is 336 g/mol. The normalized spacial score (nSPS) is 14.3. The smallest absolute Gasteiger partial charge is 0.215 e. The molecule has 1 aromatic heterocycles. The number of thiazole rings is 1. The van der Waals surface area contributed by atoms with Gasteiger partial charge in [-0.15, -0.1) is 11.3 Å². The lowest BCUT2D eigenvalue weighted by Gasteiger charge is -2.05. The third-order valence-electron chi connectivity index (χ3n) is 3.92. The van der Waals surface area contributed by atoms with Crippen LogP contribution in [0.4, 0.5) is 5.69 Å². The molecule has 0 amide bonds. The van der Waals surface area contributed by atoms with Crippen molar-refractivity contribution in [2.24, 2.45) is 4.99 Å². The van der Waals surface area contributed by atoms with E-state index in [-0.39, 0.29) is 5.88 Å². The van der Waals surface area contributed by atoms with Gasteiger partial charge in [-0.05, 0) is 49.0 Å². The summed E-state index contributed by atoms with van der Waals surface area (Å²) in [6.07, 6.45) is 3.77. The number of rotatable bonds is 2. The molecule has 4 rings (SSSR count). The molecule has 24 heavy (non-hydrogen) atoms. The summed E-state index contributed by atoms with van der Waals surface area (Å²) in [4.78, 5) is 5.14. The number of nitrogens with zero attached hydrogens (tertiary/aromatic N) is 2. The Balaban J connectivity index is 1.83. The molecule has 0 bridgehead atoms. The van der Waals surface area contributed by atoms with Gasteiger partial charge in [-0.25, -0.2) is 0 Å². The van der Waals surface area contributed by atoms with Gasteiger partial charge < -0.3 is 5.11 Å². The van der Waals surface area contributed by atoms with Crippen LogP contribution in [0.5, 0.6) is 5.88 Å². The summed E-state index contributed by atoms with van der Waals surface area (Å²) in [6.45, 7) is 2.02. The zero-order valence-corrected chi connectivity index (χ0v) is 14.6. The van der Waals surface area contributed by atoms with Gasteiger partial charge in [-0.2, -0.15) is 0 Å². The monoisotopic (exact) mass is 350 g/mol. The Morgan fingerprint density at radius 2 is 2.00 bits per heavy atom. The Hall–Kier alpha value is -2.50. The minimum Gasteiger partial charge on any atom is -0.493 e. The summed E-state index contributed by atoms with van der Waals surface area (Å²) < 4.78 is 2.32. The van der Waals surface area contributed by atoms with Crippen molar-refractivity contribution >= 4 is 47.1 Å². The van der Waals surface area contributed by atoms with E-state index in [0.29, 0.717) is 3.95 Å². The molecule has 3 aromatic rings. The summed E-state index contributed by atoms with van der Waals surface area (Å²) in [7, 11) is 0. The Kier molecular flexibility index (Phi) is 3.67. The lowest BCUT2D eigenvalue weighted by molar-refractivity contribution is 0.441. The maximum atomic E-state index is 10.7. The van der Waals surface area contributed by atoms with Crippen LogP contribution in [-0.2, 0) is 0 Å². The number of aryl methyl sites for hydroxylation is 1. The standard InChI is InChI=1S/C19H14N2OS2/c1-12-5-4-6-14(9-12)21-18(22)17(24-19(21)23)10-13-11-20-16-8-3-2-7-15(13)16/h2-11,22H,1H3/b13-10-. The molecular formula is C19H14N2OS2. The second-order valence-electron chi connectivity index (χ2n) is 5.61. The number of hydrogen-bond acceptors (Lipinski definition) is 4. The quantitative estimate of drug-likeness (QED) is 0.616. The van der Waals surface area contributed by atoms with Gasteiger partial charge in [0.05, 0.1) is 16.3 Å². The molecule has 0 atom stereocenters. The summed E-state index contributed by atoms with van der Waals surface area (Å²) in [5.41, 5.74) is 4.99. The van der Waals surface area contributed by atoms with Gasteiger partial charge in [-0.3, -0.25) is 9.56 Å². The fourth-order valence-corrected chi connectivity index (χ4v) is 4.07. The summed E-state index contributed by atoms with van der Waals surface area (Å²) >= 11 is 6.86. The molecule has 0 unspecified atom stereocenters. The Morgan fingerprint density at radius 1 is 1.17 bits per heavy atom. The van der Waals surface area contributed by atoms with Gasteiger partial charge in [0.15, 0.2) is 3.95 Å². The predicted octanol–water partition coefficient (Wildman–Crippen LogP) is 5.54. The number of aromatic nitrogens is 1. The van der Waals surface area contributed by atoms with Crippen molar-refractivity contribution in [1.29, 1.82) is 0 Å². The number of benzene rings is 2. The molecule has 3 nitrogen and oxygen atoms in total. The SMILES string of the molecule is Cc1cccc(-n2c(O)c(/C=C3/C=Nc4ccccc43)sc2=S)c1. The molecule has 1 aliphatic rings. The third-order valence-corrected chi connectivity index (χ3v) is 5.23. The van der Waals surface area contributed by atoms with E-state index >= 15 is 0 Å². The number of aliphatic imine (C=N–C) groups is 1. The Morgan fingerprint density at radius 3 is 2.83 bits per heavy atom. The number of allylic oxidation sites excluding steroid dienone is 1. The Bertz CT molecular complexity index is 1060. The minimum atomic E-state index is 0.167. The van der Waals surface area contributed by atoms with E-state index in [4.69, 9.17) is 12.2 Å². The highest BCUT2D eigenvalue weighted by Gasteiger charge is 2.16. The number of para-hydroxylation sites is 1. The zero-order chi connectivity index (χ0) is 16.7. The van der Waals surface area contributed by atoms with Crippen molar-refractivity contribution in [2.45, 2.75) is 6.92 Å². The van der Waals surface area contributed by atoms with Crippen LogP contribution < -0.4 is 0 Å². The molecule has 0 fully saturated rings. The van der Waals surface area contributed by atoms with Crippen LogP contribution in [0.3, 0.4) is 0 Å². The van der Waals surface area contributed by atoms with Gasteiger partial charge in [0.2, 0.25) is 5.88 Å². The molecule has 2 aromatic carbocycles. The molecule has 2 heterocycles. The highest BCUT2D eigenvalue weighted by atomic mass is 32.1. The largest absolute Gasteiger partial charge is 0.493 e.